The summed E-state index contributed by atoms with van der Waals surface area (Å²) in [5.41, 5.74) is 3.40. The normalized spacial score (nSPS) is 19.8. The number of benzene rings is 2. The number of anilines is 2. The molecule has 0 bridgehead atoms. The van der Waals surface area contributed by atoms with Crippen molar-refractivity contribution in [2.45, 2.75) is 19.4 Å². The van der Waals surface area contributed by atoms with Gasteiger partial charge in [0.1, 0.15) is 6.04 Å². The molecule has 28 heavy (non-hydrogen) atoms. The summed E-state index contributed by atoms with van der Waals surface area (Å²) in [5.74, 6) is 0.0183. The molecule has 0 saturated carbocycles. The van der Waals surface area contributed by atoms with Crippen molar-refractivity contribution in [1.29, 1.82) is 0 Å². The van der Waals surface area contributed by atoms with Crippen molar-refractivity contribution in [1.82, 2.24) is 4.90 Å². The van der Waals surface area contributed by atoms with Crippen molar-refractivity contribution in [2.24, 2.45) is 0 Å². The number of nitrogens with one attached hydrogen (secondary N) is 1. The molecule has 1 atom stereocenters. The Labute approximate surface area is 165 Å². The van der Waals surface area contributed by atoms with Gasteiger partial charge in [-0.15, -0.1) is 0 Å². The first-order valence-electron chi connectivity index (χ1n) is 9.74. The summed E-state index contributed by atoms with van der Waals surface area (Å²) in [6.07, 6.45) is 0.701. The van der Waals surface area contributed by atoms with E-state index in [4.69, 9.17) is 4.74 Å². The molecule has 6 nitrogen and oxygen atoms in total. The summed E-state index contributed by atoms with van der Waals surface area (Å²) in [7, 11) is 0. The van der Waals surface area contributed by atoms with Gasteiger partial charge in [-0.2, -0.15) is 0 Å². The van der Waals surface area contributed by atoms with Gasteiger partial charge in [0.2, 0.25) is 5.91 Å². The first kappa shape index (κ1) is 18.5. The Bertz CT molecular complexity index is 860. The molecule has 2 aliphatic rings. The molecule has 2 aliphatic heterocycles. The van der Waals surface area contributed by atoms with Gasteiger partial charge in [0.25, 0.3) is 5.91 Å². The maximum absolute atomic E-state index is 12.9. The highest BCUT2D eigenvalue weighted by molar-refractivity contribution is 6.03. The molecule has 2 saturated heterocycles. The Balaban J connectivity index is 1.49. The van der Waals surface area contributed by atoms with Crippen LogP contribution in [-0.2, 0) is 9.53 Å². The third kappa shape index (κ3) is 3.73. The van der Waals surface area contributed by atoms with Crippen LogP contribution in [0.25, 0.3) is 0 Å². The smallest absolute Gasteiger partial charge is 0.256 e. The van der Waals surface area contributed by atoms with E-state index in [1.807, 2.05) is 60.4 Å². The minimum absolute atomic E-state index is 0.0211. The Hall–Kier alpha value is -2.86. The lowest BCUT2D eigenvalue weighted by atomic mass is 10.1. The van der Waals surface area contributed by atoms with Crippen LogP contribution < -0.4 is 10.2 Å². The number of carbonyl (C=O) groups excluding carboxylic acids is 2. The number of hydrogen-bond donors (Lipinski definition) is 1. The lowest BCUT2D eigenvalue weighted by Gasteiger charge is -2.28. The number of rotatable bonds is 4. The number of nitrogens with zero attached hydrogens (tertiary/aromatic N) is 2. The lowest BCUT2D eigenvalue weighted by molar-refractivity contribution is -0.117. The second-order valence-corrected chi connectivity index (χ2v) is 7.26. The fraction of sp³-hybridized carbons (Fsp3) is 0.364. The molecule has 6 heteroatoms. The van der Waals surface area contributed by atoms with E-state index in [0.29, 0.717) is 50.5 Å². The molecule has 2 fully saturated rings. The molecule has 2 amide bonds. The Kier molecular flexibility index (Phi) is 5.30. The molecular weight excluding hydrogens is 354 g/mol. The summed E-state index contributed by atoms with van der Waals surface area (Å²) in [5, 5.41) is 3.32. The molecule has 4 rings (SSSR count). The molecule has 1 N–H and O–H groups in total. The van der Waals surface area contributed by atoms with Gasteiger partial charge in [0.05, 0.1) is 18.8 Å². The van der Waals surface area contributed by atoms with E-state index in [1.54, 1.807) is 4.90 Å². The topological polar surface area (TPSA) is 61.9 Å². The summed E-state index contributed by atoms with van der Waals surface area (Å²) >= 11 is 0. The van der Waals surface area contributed by atoms with Crippen molar-refractivity contribution >= 4 is 23.2 Å². The van der Waals surface area contributed by atoms with Gasteiger partial charge in [-0.25, -0.2) is 0 Å². The van der Waals surface area contributed by atoms with Crippen molar-refractivity contribution in [2.75, 3.05) is 43.1 Å². The summed E-state index contributed by atoms with van der Waals surface area (Å²) in [6, 6.07) is 15.1. The molecule has 146 valence electrons. The number of aryl methyl sites for hydroxylation is 1. The van der Waals surface area contributed by atoms with Crippen LogP contribution in [0.15, 0.2) is 48.5 Å². The summed E-state index contributed by atoms with van der Waals surface area (Å²) in [4.78, 5) is 29.5. The van der Waals surface area contributed by atoms with Crippen LogP contribution >= 0.6 is 0 Å². The molecule has 0 radical (unpaired) electrons. The molecule has 1 unspecified atom stereocenters. The summed E-state index contributed by atoms with van der Waals surface area (Å²) < 4.78 is 5.34. The average molecular weight is 379 g/mol. The van der Waals surface area contributed by atoms with Gasteiger partial charge in [-0.05, 0) is 37.6 Å². The van der Waals surface area contributed by atoms with Gasteiger partial charge in [0, 0.05) is 31.0 Å². The number of para-hydroxylation sites is 1. The Morgan fingerprint density at radius 1 is 1.04 bits per heavy atom. The second kappa shape index (κ2) is 8.02. The third-order valence-corrected chi connectivity index (χ3v) is 5.34. The molecule has 0 aliphatic carbocycles. The van der Waals surface area contributed by atoms with Crippen LogP contribution in [-0.4, -0.2) is 55.6 Å². The SMILES string of the molecule is Cc1ccc(N2CCC(Nc3ccccc3C(=O)N3CCOCC3)C2=O)cc1. The second-order valence-electron chi connectivity index (χ2n) is 7.26. The molecule has 2 heterocycles. The number of morpholine rings is 1. The first-order chi connectivity index (χ1) is 13.6. The number of amides is 2. The van der Waals surface area contributed by atoms with E-state index in [1.165, 1.54) is 5.56 Å². The molecule has 0 spiro atoms. The number of ether oxygens (including phenoxy) is 1. The highest BCUT2D eigenvalue weighted by atomic mass is 16.5. The van der Waals surface area contributed by atoms with Gasteiger partial charge in [-0.3, -0.25) is 9.59 Å². The van der Waals surface area contributed by atoms with E-state index in [2.05, 4.69) is 5.32 Å². The summed E-state index contributed by atoms with van der Waals surface area (Å²) in [6.45, 7) is 5.01. The third-order valence-electron chi connectivity index (χ3n) is 5.34. The molecule has 2 aromatic rings. The van der Waals surface area contributed by atoms with Gasteiger partial charge >= 0.3 is 0 Å². The zero-order valence-electron chi connectivity index (χ0n) is 16.1. The zero-order chi connectivity index (χ0) is 19.5. The van der Waals surface area contributed by atoms with Crippen LogP contribution in [0.1, 0.15) is 22.3 Å². The van der Waals surface area contributed by atoms with Crippen molar-refractivity contribution in [3.63, 3.8) is 0 Å². The van der Waals surface area contributed by atoms with Crippen LogP contribution in [0.3, 0.4) is 0 Å². The van der Waals surface area contributed by atoms with Crippen LogP contribution in [0, 0.1) is 6.92 Å². The van der Waals surface area contributed by atoms with E-state index < -0.39 is 0 Å². The van der Waals surface area contributed by atoms with Crippen LogP contribution in [0.4, 0.5) is 11.4 Å². The predicted octanol–water partition coefficient (Wildman–Crippen LogP) is 2.68. The fourth-order valence-electron chi connectivity index (χ4n) is 3.71. The van der Waals surface area contributed by atoms with E-state index >= 15 is 0 Å². The van der Waals surface area contributed by atoms with Crippen molar-refractivity contribution in [3.05, 3.63) is 59.7 Å². The Morgan fingerprint density at radius 2 is 1.75 bits per heavy atom. The quantitative estimate of drug-likeness (QED) is 0.887. The average Bonchev–Trinajstić information content (AvgIpc) is 3.09. The minimum Gasteiger partial charge on any atom is -0.378 e. The maximum atomic E-state index is 12.9. The maximum Gasteiger partial charge on any atom is 0.256 e. The molecular formula is C22H25N3O3. The monoisotopic (exact) mass is 379 g/mol. The predicted molar refractivity (Wildman–Crippen MR) is 109 cm³/mol. The van der Waals surface area contributed by atoms with E-state index in [9.17, 15) is 9.59 Å². The van der Waals surface area contributed by atoms with Crippen LogP contribution in [0.5, 0.6) is 0 Å². The van der Waals surface area contributed by atoms with E-state index in [0.717, 1.165) is 5.69 Å². The van der Waals surface area contributed by atoms with Crippen LogP contribution in [0.2, 0.25) is 0 Å². The molecule has 0 aromatic heterocycles. The number of hydrogen-bond acceptors (Lipinski definition) is 4. The zero-order valence-corrected chi connectivity index (χ0v) is 16.1. The highest BCUT2D eigenvalue weighted by Gasteiger charge is 2.33. The standard InChI is InChI=1S/C22H25N3O3/c1-16-6-8-17(9-7-16)25-11-10-20(22(25)27)23-19-5-3-2-4-18(19)21(26)24-12-14-28-15-13-24/h2-9,20,23H,10-15H2,1H3. The fourth-order valence-corrected chi connectivity index (χ4v) is 3.71. The number of carbonyl (C=O) groups is 2. The largest absolute Gasteiger partial charge is 0.378 e. The first-order valence-corrected chi connectivity index (χ1v) is 9.74. The van der Waals surface area contributed by atoms with Gasteiger partial charge in [0.15, 0.2) is 0 Å². The van der Waals surface area contributed by atoms with Gasteiger partial charge in [-0.1, -0.05) is 29.8 Å². The van der Waals surface area contributed by atoms with E-state index in [-0.39, 0.29) is 17.9 Å². The lowest BCUT2D eigenvalue weighted by Crippen LogP contribution is -2.41. The van der Waals surface area contributed by atoms with Gasteiger partial charge < -0.3 is 19.9 Å². The highest BCUT2D eigenvalue weighted by Crippen LogP contribution is 2.26. The van der Waals surface area contributed by atoms with Crippen molar-refractivity contribution < 1.29 is 14.3 Å². The Morgan fingerprint density at radius 3 is 2.50 bits per heavy atom. The van der Waals surface area contributed by atoms with Crippen molar-refractivity contribution in [3.8, 4) is 0 Å². The minimum atomic E-state index is -0.333. The molecule has 2 aromatic carbocycles.